The average Bonchev–Trinajstić information content (AvgIpc) is 3.43. The van der Waals surface area contributed by atoms with Crippen LogP contribution in [0.25, 0.3) is 0 Å². The van der Waals surface area contributed by atoms with Crippen molar-refractivity contribution in [3.63, 3.8) is 0 Å². The zero-order chi connectivity index (χ0) is 34.7. The Hall–Kier alpha value is -0.480. The molecule has 0 amide bonds. The van der Waals surface area contributed by atoms with E-state index >= 15 is 0 Å². The summed E-state index contributed by atoms with van der Waals surface area (Å²) in [5, 5.41) is 84.1. The maximum atomic E-state index is 11.1. The van der Waals surface area contributed by atoms with E-state index in [0.29, 0.717) is 24.2 Å². The first-order chi connectivity index (χ1) is 22.8. The summed E-state index contributed by atoms with van der Waals surface area (Å²) >= 11 is 0. The van der Waals surface area contributed by atoms with Crippen molar-refractivity contribution < 1.29 is 59.8 Å². The Labute approximate surface area is 284 Å². The topological polar surface area (TPSA) is 199 Å². The van der Waals surface area contributed by atoms with E-state index in [1.807, 2.05) is 0 Å². The monoisotopic (exact) mass is 686 g/mol. The van der Waals surface area contributed by atoms with Crippen molar-refractivity contribution in [2.24, 2.45) is 46.3 Å². The summed E-state index contributed by atoms with van der Waals surface area (Å²) in [6.45, 7) is 8.16. The highest BCUT2D eigenvalue weighted by Crippen LogP contribution is 2.69. The van der Waals surface area contributed by atoms with Crippen LogP contribution in [-0.2, 0) is 18.9 Å². The summed E-state index contributed by atoms with van der Waals surface area (Å²) in [5.74, 6) is 1.41. The number of hydrogen-bond acceptors (Lipinski definition) is 12. The number of ether oxygens (including phenoxy) is 4. The molecule has 12 heteroatoms. The molecule has 0 bridgehead atoms. The Morgan fingerprint density at radius 2 is 1.33 bits per heavy atom. The molecule has 0 aromatic rings. The van der Waals surface area contributed by atoms with Crippen molar-refractivity contribution in [1.82, 2.24) is 0 Å². The maximum Gasteiger partial charge on any atom is 0.186 e. The predicted molar refractivity (Wildman–Crippen MR) is 172 cm³/mol. The largest absolute Gasteiger partial charge is 0.394 e. The van der Waals surface area contributed by atoms with Crippen LogP contribution >= 0.6 is 0 Å². The molecule has 0 radical (unpaired) electrons. The summed E-state index contributed by atoms with van der Waals surface area (Å²) < 4.78 is 25.5. The number of hydrogen-bond donors (Lipinski definition) is 8. The Kier molecular flexibility index (Phi) is 11.3. The standard InChI is InChI=1S/C36H62O12/c1-5-8-17(2)19-10-11-20-26-21(14-25(36(19,20)4)48-34-32(44)30(42)28(40)24(16-38)47-34)35(3)12-7-6-9-18(35)13-22(26)45-33-31(43)29(41)27(39)23(15-37)46-33/h17-34,37-44H,5-16H2,1-4H3/t17-,18+,19-,20+,21+,22?,23?,24?,25+,26?,27-,28-,29+,30+,31?,32?,33-,34+,35+,36-/m1/s1. The highest BCUT2D eigenvalue weighted by molar-refractivity contribution is 5.15. The zero-order valence-corrected chi connectivity index (χ0v) is 29.1. The molecule has 20 atom stereocenters. The molecule has 4 aliphatic carbocycles. The minimum atomic E-state index is -1.52. The van der Waals surface area contributed by atoms with Crippen molar-refractivity contribution in [1.29, 1.82) is 0 Å². The third-order valence-electron chi connectivity index (χ3n) is 14.5. The van der Waals surface area contributed by atoms with Crippen LogP contribution in [0.15, 0.2) is 0 Å². The minimum Gasteiger partial charge on any atom is -0.394 e. The Morgan fingerprint density at radius 3 is 1.92 bits per heavy atom. The van der Waals surface area contributed by atoms with Gasteiger partial charge in [0.15, 0.2) is 12.6 Å². The van der Waals surface area contributed by atoms with Gasteiger partial charge in [0.2, 0.25) is 0 Å². The van der Waals surface area contributed by atoms with Gasteiger partial charge in [-0.25, -0.2) is 0 Å². The molecule has 0 spiro atoms. The van der Waals surface area contributed by atoms with Gasteiger partial charge >= 0.3 is 0 Å². The molecule has 12 nitrogen and oxygen atoms in total. The molecule has 6 rings (SSSR count). The van der Waals surface area contributed by atoms with Crippen LogP contribution in [0.5, 0.6) is 0 Å². The van der Waals surface area contributed by atoms with Crippen molar-refractivity contribution in [3.05, 3.63) is 0 Å². The lowest BCUT2D eigenvalue weighted by atomic mass is 9.43. The van der Waals surface area contributed by atoms with Gasteiger partial charge < -0.3 is 59.8 Å². The second kappa shape index (κ2) is 14.5. The van der Waals surface area contributed by atoms with Gasteiger partial charge in [-0.05, 0) is 79.4 Å². The summed E-state index contributed by atoms with van der Waals surface area (Å²) in [5.41, 5.74) is -0.382. The van der Waals surface area contributed by atoms with E-state index in [-0.39, 0.29) is 40.8 Å². The first kappa shape index (κ1) is 37.3. The third kappa shape index (κ3) is 6.11. The number of aliphatic hydroxyl groups is 8. The van der Waals surface area contributed by atoms with Gasteiger partial charge in [0.1, 0.15) is 48.8 Å². The lowest BCUT2D eigenvalue weighted by molar-refractivity contribution is -0.345. The molecular formula is C36H62O12. The second-order valence-corrected chi connectivity index (χ2v) is 16.7. The number of aliphatic hydroxyl groups excluding tert-OH is 8. The highest BCUT2D eigenvalue weighted by atomic mass is 16.7. The van der Waals surface area contributed by atoms with Crippen molar-refractivity contribution >= 4 is 0 Å². The predicted octanol–water partition coefficient (Wildman–Crippen LogP) is 1.06. The molecule has 0 aromatic carbocycles. The molecule has 2 aliphatic heterocycles. The molecule has 0 aromatic heterocycles. The molecule has 48 heavy (non-hydrogen) atoms. The van der Waals surface area contributed by atoms with Crippen LogP contribution in [0.3, 0.4) is 0 Å². The van der Waals surface area contributed by atoms with Crippen LogP contribution in [0.2, 0.25) is 0 Å². The van der Waals surface area contributed by atoms with E-state index in [1.165, 1.54) is 0 Å². The van der Waals surface area contributed by atoms with E-state index in [9.17, 15) is 40.9 Å². The van der Waals surface area contributed by atoms with E-state index in [1.54, 1.807) is 0 Å². The molecule has 278 valence electrons. The molecule has 6 fully saturated rings. The molecule has 4 saturated carbocycles. The summed E-state index contributed by atoms with van der Waals surface area (Å²) in [4.78, 5) is 0. The minimum absolute atomic E-state index is 0.0103. The third-order valence-corrected chi connectivity index (χ3v) is 14.5. The normalized spacial score (nSPS) is 54.6. The molecule has 6 unspecified atom stereocenters. The average molecular weight is 687 g/mol. The lowest BCUT2D eigenvalue weighted by Gasteiger charge is -2.65. The van der Waals surface area contributed by atoms with E-state index < -0.39 is 74.6 Å². The summed E-state index contributed by atoms with van der Waals surface area (Å²) in [6, 6.07) is 0. The molecule has 6 aliphatic rings. The van der Waals surface area contributed by atoms with Crippen molar-refractivity contribution in [3.8, 4) is 0 Å². The van der Waals surface area contributed by atoms with Crippen LogP contribution in [0.4, 0.5) is 0 Å². The molecule has 2 saturated heterocycles. The van der Waals surface area contributed by atoms with Gasteiger partial charge in [-0.15, -0.1) is 0 Å². The van der Waals surface area contributed by atoms with Gasteiger partial charge in [0.05, 0.1) is 25.4 Å². The summed E-state index contributed by atoms with van der Waals surface area (Å²) in [6.07, 6.45) is -4.24. The number of fused-ring (bicyclic) bond motifs is 5. The van der Waals surface area contributed by atoms with Crippen LogP contribution in [0.1, 0.15) is 91.9 Å². The zero-order valence-electron chi connectivity index (χ0n) is 29.1. The fourth-order valence-corrected chi connectivity index (χ4v) is 11.8. The van der Waals surface area contributed by atoms with Crippen LogP contribution in [0, 0.1) is 46.3 Å². The smallest absolute Gasteiger partial charge is 0.186 e. The van der Waals surface area contributed by atoms with Gasteiger partial charge in [0, 0.05) is 5.41 Å². The second-order valence-electron chi connectivity index (χ2n) is 16.7. The van der Waals surface area contributed by atoms with Crippen LogP contribution in [-0.4, -0.2) is 128 Å². The van der Waals surface area contributed by atoms with E-state index in [2.05, 4.69) is 27.7 Å². The van der Waals surface area contributed by atoms with E-state index in [4.69, 9.17) is 18.9 Å². The SMILES string of the molecule is CCC[C@@H](C)[C@H]1CC[C@H]2C3C(O[C@@H]4OC(CO)[C@@H](O)[C@H](O)C4O)C[C@@H]4CCCC[C@]4(C)[C@H]3C[C@H](O[C@@H]3OC(CO)[C@@H](O)[C@H](O)C3O)[C@]12C. The fourth-order valence-electron chi connectivity index (χ4n) is 11.8. The lowest BCUT2D eigenvalue weighted by Crippen LogP contribution is -2.66. The summed E-state index contributed by atoms with van der Waals surface area (Å²) in [7, 11) is 0. The fraction of sp³-hybridized carbons (Fsp3) is 1.00. The first-order valence-corrected chi connectivity index (χ1v) is 18.7. The van der Waals surface area contributed by atoms with E-state index in [0.717, 1.165) is 57.8 Å². The Balaban J connectivity index is 1.37. The van der Waals surface area contributed by atoms with Gasteiger partial charge in [-0.2, -0.15) is 0 Å². The van der Waals surface area contributed by atoms with Crippen molar-refractivity contribution in [2.75, 3.05) is 13.2 Å². The highest BCUT2D eigenvalue weighted by Gasteiger charge is 2.67. The molecule has 2 heterocycles. The van der Waals surface area contributed by atoms with Gasteiger partial charge in [0.25, 0.3) is 0 Å². The Bertz CT molecular complexity index is 1080. The Morgan fingerprint density at radius 1 is 0.729 bits per heavy atom. The van der Waals surface area contributed by atoms with Crippen LogP contribution < -0.4 is 0 Å². The van der Waals surface area contributed by atoms with Gasteiger partial charge in [-0.3, -0.25) is 0 Å². The first-order valence-electron chi connectivity index (χ1n) is 18.7. The molecular weight excluding hydrogens is 624 g/mol. The molecule has 8 N–H and O–H groups in total. The number of rotatable bonds is 9. The maximum absolute atomic E-state index is 11.1. The van der Waals surface area contributed by atoms with Gasteiger partial charge in [-0.1, -0.05) is 53.4 Å². The quantitative estimate of drug-likeness (QED) is 0.161. The van der Waals surface area contributed by atoms with Crippen molar-refractivity contribution in [2.45, 2.75) is 166 Å².